The summed E-state index contributed by atoms with van der Waals surface area (Å²) < 4.78 is 26.6. The van der Waals surface area contributed by atoms with Gasteiger partial charge in [0.25, 0.3) is 5.91 Å². The molecule has 7 nitrogen and oxygen atoms in total. The van der Waals surface area contributed by atoms with Gasteiger partial charge >= 0.3 is 0 Å². The molecule has 2 N–H and O–H groups in total. The molecule has 0 aromatic heterocycles. The van der Waals surface area contributed by atoms with Crippen LogP contribution in [0.3, 0.4) is 0 Å². The quantitative estimate of drug-likeness (QED) is 0.774. The Morgan fingerprint density at radius 1 is 1.00 bits per heavy atom. The number of likely N-dealkylation sites (N-methyl/N-ethyl adjacent to an activating group) is 1. The third-order valence-corrected chi connectivity index (χ3v) is 6.63. The number of nitrogens with zero attached hydrogens (tertiary/aromatic N) is 1. The lowest BCUT2D eigenvalue weighted by Crippen LogP contribution is -2.27. The van der Waals surface area contributed by atoms with Crippen LogP contribution in [0, 0.1) is 0 Å². The zero-order valence-corrected chi connectivity index (χ0v) is 16.5. The zero-order valence-electron chi connectivity index (χ0n) is 15.6. The van der Waals surface area contributed by atoms with Crippen molar-refractivity contribution in [2.24, 2.45) is 0 Å². The summed E-state index contributed by atoms with van der Waals surface area (Å²) in [5.74, 6) is -0.521. The van der Waals surface area contributed by atoms with E-state index in [1.54, 1.807) is 31.3 Å². The molecule has 28 heavy (non-hydrogen) atoms. The van der Waals surface area contributed by atoms with Crippen LogP contribution in [0.15, 0.2) is 53.4 Å². The third kappa shape index (κ3) is 4.40. The van der Waals surface area contributed by atoms with Gasteiger partial charge in [0, 0.05) is 31.4 Å². The zero-order chi connectivity index (χ0) is 20.1. The molecule has 0 bridgehead atoms. The van der Waals surface area contributed by atoms with Gasteiger partial charge in [-0.2, -0.15) is 4.31 Å². The Labute approximate surface area is 164 Å². The first kappa shape index (κ1) is 20.0. The second-order valence-electron chi connectivity index (χ2n) is 6.60. The van der Waals surface area contributed by atoms with Crippen molar-refractivity contribution in [1.29, 1.82) is 0 Å². The summed E-state index contributed by atoms with van der Waals surface area (Å²) in [7, 11) is -1.95. The minimum Gasteiger partial charge on any atom is -0.359 e. The number of para-hydroxylation sites is 1. The van der Waals surface area contributed by atoms with E-state index in [0.29, 0.717) is 29.9 Å². The van der Waals surface area contributed by atoms with Gasteiger partial charge in [-0.05, 0) is 48.7 Å². The summed E-state index contributed by atoms with van der Waals surface area (Å²) in [4.78, 5) is 24.4. The minimum atomic E-state index is -3.51. The van der Waals surface area contributed by atoms with Crippen LogP contribution in [0.4, 0.5) is 5.69 Å². The highest BCUT2D eigenvalue weighted by molar-refractivity contribution is 7.89. The van der Waals surface area contributed by atoms with Crippen molar-refractivity contribution in [2.45, 2.75) is 24.2 Å². The van der Waals surface area contributed by atoms with E-state index in [-0.39, 0.29) is 23.1 Å². The van der Waals surface area contributed by atoms with E-state index in [1.807, 2.05) is 0 Å². The van der Waals surface area contributed by atoms with E-state index in [1.165, 1.54) is 28.6 Å². The molecule has 148 valence electrons. The molecule has 1 saturated heterocycles. The molecular formula is C20H23N3O4S. The first-order valence-electron chi connectivity index (χ1n) is 9.12. The van der Waals surface area contributed by atoms with Crippen LogP contribution in [-0.4, -0.2) is 44.7 Å². The van der Waals surface area contributed by atoms with E-state index in [4.69, 9.17) is 0 Å². The van der Waals surface area contributed by atoms with E-state index in [2.05, 4.69) is 10.6 Å². The van der Waals surface area contributed by atoms with E-state index >= 15 is 0 Å². The van der Waals surface area contributed by atoms with Crippen LogP contribution in [-0.2, 0) is 21.2 Å². The number of hydrogen-bond acceptors (Lipinski definition) is 4. The molecule has 0 saturated carbocycles. The van der Waals surface area contributed by atoms with E-state index < -0.39 is 10.0 Å². The van der Waals surface area contributed by atoms with Crippen molar-refractivity contribution in [3.8, 4) is 0 Å². The van der Waals surface area contributed by atoms with Crippen LogP contribution in [0.5, 0.6) is 0 Å². The average Bonchev–Trinajstić information content (AvgIpc) is 3.25. The standard InChI is InChI=1S/C20H23N3O4S/c1-21-19(24)14-16-6-2-3-7-18(16)22-20(25)15-8-10-17(11-9-15)28(26,27)23-12-4-5-13-23/h2-3,6-11H,4-5,12-14H2,1H3,(H,21,24)(H,22,25). The summed E-state index contributed by atoms with van der Waals surface area (Å²) in [5, 5.41) is 5.35. The molecule has 8 heteroatoms. The molecule has 1 fully saturated rings. The average molecular weight is 401 g/mol. The SMILES string of the molecule is CNC(=O)Cc1ccccc1NC(=O)c1ccc(S(=O)(=O)N2CCCC2)cc1. The maximum atomic E-state index is 12.6. The molecule has 2 aromatic carbocycles. The van der Waals surface area contributed by atoms with Crippen LogP contribution in [0.2, 0.25) is 0 Å². The Kier molecular flexibility index (Phi) is 6.11. The number of carbonyl (C=O) groups is 2. The summed E-state index contributed by atoms with van der Waals surface area (Å²) in [6, 6.07) is 13.0. The molecule has 0 spiro atoms. The fourth-order valence-corrected chi connectivity index (χ4v) is 4.63. The number of rotatable bonds is 6. The highest BCUT2D eigenvalue weighted by atomic mass is 32.2. The largest absolute Gasteiger partial charge is 0.359 e. The van der Waals surface area contributed by atoms with Crippen molar-refractivity contribution in [2.75, 3.05) is 25.5 Å². The Morgan fingerprint density at radius 3 is 2.29 bits per heavy atom. The molecule has 1 heterocycles. The van der Waals surface area contributed by atoms with Crippen LogP contribution in [0.25, 0.3) is 0 Å². The summed E-state index contributed by atoms with van der Waals surface area (Å²) in [6.07, 6.45) is 1.89. The van der Waals surface area contributed by atoms with Crippen LogP contribution < -0.4 is 10.6 Å². The van der Waals surface area contributed by atoms with Gasteiger partial charge in [-0.25, -0.2) is 8.42 Å². The van der Waals surface area contributed by atoms with E-state index in [9.17, 15) is 18.0 Å². The first-order chi connectivity index (χ1) is 13.4. The molecule has 2 aromatic rings. The molecule has 0 aliphatic carbocycles. The first-order valence-corrected chi connectivity index (χ1v) is 10.6. The molecule has 0 radical (unpaired) electrons. The van der Waals surface area contributed by atoms with Crippen molar-refractivity contribution >= 4 is 27.5 Å². The molecular weight excluding hydrogens is 378 g/mol. The lowest BCUT2D eigenvalue weighted by molar-refractivity contribution is -0.119. The lowest BCUT2D eigenvalue weighted by atomic mass is 10.1. The summed E-state index contributed by atoms with van der Waals surface area (Å²) >= 11 is 0. The Morgan fingerprint density at radius 2 is 1.64 bits per heavy atom. The van der Waals surface area contributed by atoms with Gasteiger partial charge in [-0.3, -0.25) is 9.59 Å². The number of amides is 2. The normalized spacial score (nSPS) is 14.6. The van der Waals surface area contributed by atoms with Crippen LogP contribution in [0.1, 0.15) is 28.8 Å². The molecule has 2 amide bonds. The Balaban J connectivity index is 1.75. The van der Waals surface area contributed by atoms with Crippen molar-refractivity contribution < 1.29 is 18.0 Å². The molecule has 0 unspecified atom stereocenters. The van der Waals surface area contributed by atoms with Crippen molar-refractivity contribution in [1.82, 2.24) is 9.62 Å². The maximum absolute atomic E-state index is 12.6. The lowest BCUT2D eigenvalue weighted by Gasteiger charge is -2.15. The Bertz CT molecular complexity index is 965. The third-order valence-electron chi connectivity index (χ3n) is 4.71. The number of nitrogens with one attached hydrogen (secondary N) is 2. The number of hydrogen-bond donors (Lipinski definition) is 2. The van der Waals surface area contributed by atoms with Gasteiger partial charge in [-0.1, -0.05) is 18.2 Å². The summed E-state index contributed by atoms with van der Waals surface area (Å²) in [5.41, 5.74) is 1.59. The van der Waals surface area contributed by atoms with Gasteiger partial charge in [0.2, 0.25) is 15.9 Å². The smallest absolute Gasteiger partial charge is 0.255 e. The second-order valence-corrected chi connectivity index (χ2v) is 8.53. The molecule has 0 atom stereocenters. The minimum absolute atomic E-state index is 0.153. The highest BCUT2D eigenvalue weighted by Gasteiger charge is 2.27. The van der Waals surface area contributed by atoms with Gasteiger partial charge < -0.3 is 10.6 Å². The predicted molar refractivity (Wildman–Crippen MR) is 107 cm³/mol. The van der Waals surface area contributed by atoms with Gasteiger partial charge in [0.15, 0.2) is 0 Å². The number of carbonyl (C=O) groups excluding carboxylic acids is 2. The highest BCUT2D eigenvalue weighted by Crippen LogP contribution is 2.22. The van der Waals surface area contributed by atoms with Crippen LogP contribution >= 0.6 is 0 Å². The van der Waals surface area contributed by atoms with Gasteiger partial charge in [0.1, 0.15) is 0 Å². The summed E-state index contributed by atoms with van der Waals surface area (Å²) in [6.45, 7) is 1.07. The second kappa shape index (κ2) is 8.53. The molecule has 1 aliphatic rings. The maximum Gasteiger partial charge on any atom is 0.255 e. The van der Waals surface area contributed by atoms with Crippen molar-refractivity contribution in [3.05, 3.63) is 59.7 Å². The number of benzene rings is 2. The van der Waals surface area contributed by atoms with E-state index in [0.717, 1.165) is 12.8 Å². The van der Waals surface area contributed by atoms with Gasteiger partial charge in [0.05, 0.1) is 11.3 Å². The molecule has 1 aliphatic heterocycles. The van der Waals surface area contributed by atoms with Gasteiger partial charge in [-0.15, -0.1) is 0 Å². The topological polar surface area (TPSA) is 95.6 Å². The predicted octanol–water partition coefficient (Wildman–Crippen LogP) is 2.01. The number of sulfonamides is 1. The number of anilines is 1. The fourth-order valence-electron chi connectivity index (χ4n) is 3.11. The fraction of sp³-hybridized carbons (Fsp3) is 0.300. The monoisotopic (exact) mass is 401 g/mol. The van der Waals surface area contributed by atoms with Crippen molar-refractivity contribution in [3.63, 3.8) is 0 Å². The Hall–Kier alpha value is -2.71. The molecule has 3 rings (SSSR count).